The molecular weight excluding hydrogens is 110 g/mol. The Hall–Kier alpha value is -1.11. The highest BCUT2D eigenvalue weighted by Crippen LogP contribution is 1.72. The fourth-order valence-corrected chi connectivity index (χ4v) is 0.314. The first-order valence-electron chi connectivity index (χ1n) is 2.84. The van der Waals surface area contributed by atoms with E-state index < -0.39 is 0 Å². The highest BCUT2D eigenvalue weighted by Gasteiger charge is 1.57. The molecule has 0 aromatic rings. The Kier molecular flexibility index (Phi) is 6.04. The predicted molar refractivity (Wildman–Crippen MR) is 42.6 cm³/mol. The molecule has 0 heterocycles. The minimum Gasteiger partial charge on any atom is -0.265 e. The summed E-state index contributed by atoms with van der Waals surface area (Å²) in [7, 11) is 0. The Bertz CT molecular complexity index is 141. The molecule has 0 fully saturated rings. The monoisotopic (exact) mass is 121 g/mol. The van der Waals surface area contributed by atoms with Crippen LogP contribution in [0.25, 0.3) is 0 Å². The largest absolute Gasteiger partial charge is 0.265 e. The second-order valence-electron chi connectivity index (χ2n) is 1.40. The van der Waals surface area contributed by atoms with Crippen LogP contribution in [-0.2, 0) is 0 Å². The standard InChI is InChI=1S/C8H11N/c1-3-5-6-8-9-7-4-2/h3-8H,1H2,2H3/b6-5-,7-4-,9-8-. The second-order valence-corrected chi connectivity index (χ2v) is 1.40. The van der Waals surface area contributed by atoms with E-state index in [2.05, 4.69) is 11.6 Å². The Morgan fingerprint density at radius 3 is 2.67 bits per heavy atom. The quantitative estimate of drug-likeness (QED) is 0.401. The summed E-state index contributed by atoms with van der Waals surface area (Å²) in [5.74, 6) is 0. The van der Waals surface area contributed by atoms with Gasteiger partial charge in [-0.25, -0.2) is 0 Å². The molecule has 0 aromatic carbocycles. The molecule has 0 atom stereocenters. The topological polar surface area (TPSA) is 12.4 Å². The Morgan fingerprint density at radius 1 is 1.33 bits per heavy atom. The van der Waals surface area contributed by atoms with Crippen LogP contribution in [-0.4, -0.2) is 6.21 Å². The number of allylic oxidation sites excluding steroid dienone is 4. The lowest BCUT2D eigenvalue weighted by Crippen LogP contribution is -1.58. The molecule has 0 aliphatic carbocycles. The fourth-order valence-electron chi connectivity index (χ4n) is 0.314. The van der Waals surface area contributed by atoms with Crippen molar-refractivity contribution in [3.8, 4) is 0 Å². The minimum absolute atomic E-state index is 1.71. The van der Waals surface area contributed by atoms with Gasteiger partial charge < -0.3 is 0 Å². The van der Waals surface area contributed by atoms with Crippen LogP contribution in [0, 0.1) is 0 Å². The minimum atomic E-state index is 1.71. The maximum Gasteiger partial charge on any atom is 0.0267 e. The van der Waals surface area contributed by atoms with Gasteiger partial charge in [0.15, 0.2) is 0 Å². The van der Waals surface area contributed by atoms with E-state index in [4.69, 9.17) is 0 Å². The van der Waals surface area contributed by atoms with Gasteiger partial charge in [-0.15, -0.1) is 0 Å². The van der Waals surface area contributed by atoms with Crippen LogP contribution in [0.15, 0.2) is 42.1 Å². The van der Waals surface area contributed by atoms with Crippen molar-refractivity contribution in [2.75, 3.05) is 0 Å². The summed E-state index contributed by atoms with van der Waals surface area (Å²) in [5.41, 5.74) is 0. The molecule has 0 aliphatic rings. The van der Waals surface area contributed by atoms with Gasteiger partial charge in [-0.3, -0.25) is 4.99 Å². The lowest BCUT2D eigenvalue weighted by molar-refractivity contribution is 1.55. The first kappa shape index (κ1) is 7.89. The molecular formula is C8H11N. The highest BCUT2D eigenvalue weighted by atomic mass is 14.6. The molecule has 9 heavy (non-hydrogen) atoms. The van der Waals surface area contributed by atoms with Crippen molar-refractivity contribution in [2.45, 2.75) is 6.92 Å². The molecule has 1 heteroatoms. The average Bonchev–Trinajstić information content (AvgIpc) is 1.89. The summed E-state index contributed by atoms with van der Waals surface area (Å²) in [5, 5.41) is 0. The summed E-state index contributed by atoms with van der Waals surface area (Å²) in [4.78, 5) is 3.89. The summed E-state index contributed by atoms with van der Waals surface area (Å²) in [6, 6.07) is 0. The molecule has 0 bridgehead atoms. The Labute approximate surface area is 56.1 Å². The molecule has 0 N–H and O–H groups in total. The van der Waals surface area contributed by atoms with Gasteiger partial charge in [-0.05, 0) is 13.0 Å². The first-order chi connectivity index (χ1) is 4.41. The van der Waals surface area contributed by atoms with Gasteiger partial charge in [-0.1, -0.05) is 24.8 Å². The van der Waals surface area contributed by atoms with E-state index in [0.717, 1.165) is 0 Å². The number of nitrogens with zero attached hydrogens (tertiary/aromatic N) is 1. The molecule has 0 aliphatic heterocycles. The third kappa shape index (κ3) is 6.89. The lowest BCUT2D eigenvalue weighted by Gasteiger charge is -1.70. The van der Waals surface area contributed by atoms with Crippen molar-refractivity contribution in [3.05, 3.63) is 37.1 Å². The molecule has 0 spiro atoms. The van der Waals surface area contributed by atoms with Crippen LogP contribution >= 0.6 is 0 Å². The van der Waals surface area contributed by atoms with Crippen molar-refractivity contribution >= 4 is 6.21 Å². The summed E-state index contributed by atoms with van der Waals surface area (Å²) < 4.78 is 0. The second kappa shape index (κ2) is 6.89. The molecule has 0 radical (unpaired) electrons. The molecule has 0 saturated carbocycles. The molecule has 0 rings (SSSR count). The number of hydrogen-bond acceptors (Lipinski definition) is 1. The van der Waals surface area contributed by atoms with E-state index in [9.17, 15) is 0 Å². The predicted octanol–water partition coefficient (Wildman–Crippen LogP) is 2.33. The van der Waals surface area contributed by atoms with E-state index >= 15 is 0 Å². The maximum absolute atomic E-state index is 3.89. The van der Waals surface area contributed by atoms with Gasteiger partial charge in [0.25, 0.3) is 0 Å². The average molecular weight is 121 g/mol. The molecule has 0 amide bonds. The molecule has 0 unspecified atom stereocenters. The van der Waals surface area contributed by atoms with E-state index in [1.165, 1.54) is 0 Å². The highest BCUT2D eigenvalue weighted by molar-refractivity contribution is 5.71. The molecule has 0 aromatic heterocycles. The van der Waals surface area contributed by atoms with Gasteiger partial charge in [0, 0.05) is 12.4 Å². The molecule has 48 valence electrons. The fraction of sp³-hybridized carbons (Fsp3) is 0.125. The van der Waals surface area contributed by atoms with Crippen LogP contribution < -0.4 is 0 Å². The van der Waals surface area contributed by atoms with E-state index in [1.807, 2.05) is 25.2 Å². The van der Waals surface area contributed by atoms with Gasteiger partial charge >= 0.3 is 0 Å². The maximum atomic E-state index is 3.89. The van der Waals surface area contributed by atoms with Crippen molar-refractivity contribution in [1.82, 2.24) is 0 Å². The zero-order valence-corrected chi connectivity index (χ0v) is 5.62. The SMILES string of the molecule is C=C\C=C/C=N\C=C/C. The van der Waals surface area contributed by atoms with E-state index in [0.29, 0.717) is 0 Å². The number of hydrogen-bond donors (Lipinski definition) is 0. The van der Waals surface area contributed by atoms with Crippen molar-refractivity contribution in [3.63, 3.8) is 0 Å². The van der Waals surface area contributed by atoms with Gasteiger partial charge in [0.2, 0.25) is 0 Å². The van der Waals surface area contributed by atoms with Gasteiger partial charge in [-0.2, -0.15) is 0 Å². The molecule has 1 nitrogen and oxygen atoms in total. The van der Waals surface area contributed by atoms with Crippen LogP contribution in [0.3, 0.4) is 0 Å². The van der Waals surface area contributed by atoms with Crippen molar-refractivity contribution in [2.24, 2.45) is 4.99 Å². The van der Waals surface area contributed by atoms with Gasteiger partial charge in [0.1, 0.15) is 0 Å². The number of aliphatic imine (C=N–C) groups is 1. The van der Waals surface area contributed by atoms with E-state index in [-0.39, 0.29) is 0 Å². The first-order valence-corrected chi connectivity index (χ1v) is 2.84. The Morgan fingerprint density at radius 2 is 2.11 bits per heavy atom. The Balaban J connectivity index is 3.46. The van der Waals surface area contributed by atoms with Crippen molar-refractivity contribution in [1.29, 1.82) is 0 Å². The molecule has 0 saturated heterocycles. The third-order valence-corrected chi connectivity index (χ3v) is 0.654. The van der Waals surface area contributed by atoms with Crippen LogP contribution in [0.2, 0.25) is 0 Å². The zero-order valence-electron chi connectivity index (χ0n) is 5.62. The van der Waals surface area contributed by atoms with E-state index in [1.54, 1.807) is 18.5 Å². The van der Waals surface area contributed by atoms with Crippen LogP contribution in [0.1, 0.15) is 6.92 Å². The van der Waals surface area contributed by atoms with Crippen LogP contribution in [0.5, 0.6) is 0 Å². The summed E-state index contributed by atoms with van der Waals surface area (Å²) in [6.07, 6.45) is 10.7. The zero-order chi connectivity index (χ0) is 6.95. The van der Waals surface area contributed by atoms with Crippen LogP contribution in [0.4, 0.5) is 0 Å². The van der Waals surface area contributed by atoms with Crippen molar-refractivity contribution < 1.29 is 0 Å². The third-order valence-electron chi connectivity index (χ3n) is 0.654. The smallest absolute Gasteiger partial charge is 0.0267 e. The number of rotatable bonds is 3. The normalized spacial score (nSPS) is 12.1. The summed E-state index contributed by atoms with van der Waals surface area (Å²) in [6.45, 7) is 5.44. The summed E-state index contributed by atoms with van der Waals surface area (Å²) >= 11 is 0. The lowest BCUT2D eigenvalue weighted by atomic mass is 10.5. The van der Waals surface area contributed by atoms with Gasteiger partial charge in [0.05, 0.1) is 0 Å².